The van der Waals surface area contributed by atoms with E-state index in [1.54, 1.807) is 22.0 Å². The predicted octanol–water partition coefficient (Wildman–Crippen LogP) is 2.15. The van der Waals surface area contributed by atoms with Gasteiger partial charge in [-0.1, -0.05) is 0 Å². The van der Waals surface area contributed by atoms with Gasteiger partial charge in [0.2, 0.25) is 5.91 Å². The van der Waals surface area contributed by atoms with Crippen LogP contribution in [0, 0.1) is 5.92 Å². The number of hydrogen-bond acceptors (Lipinski definition) is 6. The molecule has 1 atom stereocenters. The van der Waals surface area contributed by atoms with Crippen LogP contribution < -0.4 is 4.90 Å². The SMILES string of the molecule is CC(c1ccco1)N(C)C(=O)C1CCN(c2ccc3nncn3n2)CC1. The lowest BCUT2D eigenvalue weighted by Gasteiger charge is -2.35. The number of aromatic nitrogens is 4. The Morgan fingerprint density at radius 3 is 2.85 bits per heavy atom. The van der Waals surface area contributed by atoms with E-state index >= 15 is 0 Å². The van der Waals surface area contributed by atoms with Crippen molar-refractivity contribution in [3.63, 3.8) is 0 Å². The van der Waals surface area contributed by atoms with Crippen LogP contribution in [0.25, 0.3) is 5.65 Å². The topological polar surface area (TPSA) is 79.8 Å². The smallest absolute Gasteiger partial charge is 0.226 e. The monoisotopic (exact) mass is 354 g/mol. The molecule has 0 radical (unpaired) electrons. The van der Waals surface area contributed by atoms with Gasteiger partial charge in [-0.25, -0.2) is 0 Å². The highest BCUT2D eigenvalue weighted by Gasteiger charge is 2.30. The van der Waals surface area contributed by atoms with Crippen LogP contribution in [-0.4, -0.2) is 50.8 Å². The average molecular weight is 354 g/mol. The first-order valence-corrected chi connectivity index (χ1v) is 8.85. The minimum Gasteiger partial charge on any atom is -0.467 e. The number of carbonyl (C=O) groups is 1. The third-order valence-electron chi connectivity index (χ3n) is 5.20. The highest BCUT2D eigenvalue weighted by molar-refractivity contribution is 5.79. The van der Waals surface area contributed by atoms with Gasteiger partial charge in [-0.3, -0.25) is 4.79 Å². The maximum Gasteiger partial charge on any atom is 0.226 e. The van der Waals surface area contributed by atoms with E-state index in [0.29, 0.717) is 0 Å². The van der Waals surface area contributed by atoms with Crippen molar-refractivity contribution in [2.75, 3.05) is 25.0 Å². The maximum absolute atomic E-state index is 12.8. The number of carbonyl (C=O) groups excluding carboxylic acids is 1. The van der Waals surface area contributed by atoms with Crippen LogP contribution in [0.1, 0.15) is 31.6 Å². The molecule has 0 N–H and O–H groups in total. The van der Waals surface area contributed by atoms with E-state index in [0.717, 1.165) is 43.2 Å². The van der Waals surface area contributed by atoms with Crippen molar-refractivity contribution in [1.82, 2.24) is 24.7 Å². The van der Waals surface area contributed by atoms with Crippen molar-refractivity contribution < 1.29 is 9.21 Å². The van der Waals surface area contributed by atoms with Gasteiger partial charge in [-0.2, -0.15) is 4.52 Å². The van der Waals surface area contributed by atoms with Crippen LogP contribution in [0.15, 0.2) is 41.3 Å². The number of amides is 1. The average Bonchev–Trinajstić information content (AvgIpc) is 3.37. The summed E-state index contributed by atoms with van der Waals surface area (Å²) in [4.78, 5) is 16.8. The van der Waals surface area contributed by atoms with Gasteiger partial charge in [0.15, 0.2) is 5.65 Å². The normalized spacial score (nSPS) is 16.8. The van der Waals surface area contributed by atoms with Gasteiger partial charge >= 0.3 is 0 Å². The zero-order valence-corrected chi connectivity index (χ0v) is 14.9. The second-order valence-corrected chi connectivity index (χ2v) is 6.73. The molecule has 1 amide bonds. The lowest BCUT2D eigenvalue weighted by molar-refractivity contribution is -0.137. The molecule has 1 aliphatic heterocycles. The van der Waals surface area contributed by atoms with E-state index in [1.165, 1.54) is 0 Å². The van der Waals surface area contributed by atoms with Crippen LogP contribution in [0.4, 0.5) is 5.82 Å². The molecular formula is C18H22N6O2. The summed E-state index contributed by atoms with van der Waals surface area (Å²) < 4.78 is 7.11. The summed E-state index contributed by atoms with van der Waals surface area (Å²) in [5, 5.41) is 12.4. The van der Waals surface area contributed by atoms with E-state index in [1.807, 2.05) is 38.2 Å². The quantitative estimate of drug-likeness (QED) is 0.714. The van der Waals surface area contributed by atoms with Crippen LogP contribution in [0.3, 0.4) is 0 Å². The van der Waals surface area contributed by atoms with Gasteiger partial charge in [-0.05, 0) is 44.0 Å². The standard InChI is InChI=1S/C18H22N6O2/c1-13(15-4-3-11-26-15)22(2)18(25)14-7-9-23(10-8-14)17-6-5-16-20-19-12-24(16)21-17/h3-6,11-14H,7-10H2,1-2H3. The Balaban J connectivity index is 1.38. The first kappa shape index (κ1) is 16.6. The minimum atomic E-state index is -0.0617. The Morgan fingerprint density at radius 1 is 1.31 bits per heavy atom. The van der Waals surface area contributed by atoms with E-state index in [9.17, 15) is 4.79 Å². The molecule has 0 aromatic carbocycles. The molecule has 8 heteroatoms. The van der Waals surface area contributed by atoms with Crippen molar-refractivity contribution >= 4 is 17.4 Å². The first-order chi connectivity index (χ1) is 12.6. The molecule has 4 heterocycles. The summed E-state index contributed by atoms with van der Waals surface area (Å²) >= 11 is 0. The summed E-state index contributed by atoms with van der Waals surface area (Å²) in [6.07, 6.45) is 4.87. The van der Waals surface area contributed by atoms with Crippen molar-refractivity contribution in [2.24, 2.45) is 5.92 Å². The van der Waals surface area contributed by atoms with Gasteiger partial charge < -0.3 is 14.2 Å². The Bertz CT molecular complexity index is 882. The minimum absolute atomic E-state index is 0.0345. The number of nitrogens with zero attached hydrogens (tertiary/aromatic N) is 6. The zero-order chi connectivity index (χ0) is 18.1. The van der Waals surface area contributed by atoms with E-state index in [2.05, 4.69) is 20.2 Å². The molecule has 3 aromatic rings. The summed E-state index contributed by atoms with van der Waals surface area (Å²) in [5.41, 5.74) is 0.729. The number of anilines is 1. The molecule has 0 bridgehead atoms. The molecule has 136 valence electrons. The summed E-state index contributed by atoms with van der Waals surface area (Å²) in [6.45, 7) is 3.60. The number of hydrogen-bond donors (Lipinski definition) is 0. The van der Waals surface area contributed by atoms with E-state index < -0.39 is 0 Å². The van der Waals surface area contributed by atoms with Crippen LogP contribution in [0.2, 0.25) is 0 Å². The Labute approximate surface area is 151 Å². The molecule has 26 heavy (non-hydrogen) atoms. The second-order valence-electron chi connectivity index (χ2n) is 6.73. The molecule has 0 spiro atoms. The van der Waals surface area contributed by atoms with Crippen molar-refractivity contribution in [3.8, 4) is 0 Å². The third-order valence-corrected chi connectivity index (χ3v) is 5.20. The third kappa shape index (κ3) is 3.02. The molecule has 0 aliphatic carbocycles. The van der Waals surface area contributed by atoms with E-state index in [4.69, 9.17) is 4.42 Å². The van der Waals surface area contributed by atoms with Crippen molar-refractivity contribution in [1.29, 1.82) is 0 Å². The summed E-state index contributed by atoms with van der Waals surface area (Å²) in [7, 11) is 1.85. The molecule has 1 unspecified atom stereocenters. The Morgan fingerprint density at radius 2 is 2.12 bits per heavy atom. The molecule has 4 rings (SSSR count). The predicted molar refractivity (Wildman–Crippen MR) is 95.6 cm³/mol. The van der Waals surface area contributed by atoms with Crippen LogP contribution >= 0.6 is 0 Å². The van der Waals surface area contributed by atoms with Gasteiger partial charge in [0, 0.05) is 26.1 Å². The highest BCUT2D eigenvalue weighted by atomic mass is 16.3. The van der Waals surface area contributed by atoms with Gasteiger partial charge in [0.05, 0.1) is 12.3 Å². The first-order valence-electron chi connectivity index (χ1n) is 8.85. The Kier molecular flexibility index (Phi) is 4.32. The fraction of sp³-hybridized carbons (Fsp3) is 0.444. The second kappa shape index (κ2) is 6.78. The van der Waals surface area contributed by atoms with Crippen molar-refractivity contribution in [2.45, 2.75) is 25.8 Å². The molecule has 0 saturated carbocycles. The fourth-order valence-electron chi connectivity index (χ4n) is 3.44. The Hall–Kier alpha value is -2.90. The largest absolute Gasteiger partial charge is 0.467 e. The fourth-order valence-corrected chi connectivity index (χ4v) is 3.44. The number of piperidine rings is 1. The molecule has 1 fully saturated rings. The van der Waals surface area contributed by atoms with Crippen LogP contribution in [-0.2, 0) is 4.79 Å². The van der Waals surface area contributed by atoms with Gasteiger partial charge in [0.25, 0.3) is 0 Å². The van der Waals surface area contributed by atoms with Gasteiger partial charge in [0.1, 0.15) is 17.9 Å². The molecule has 3 aromatic heterocycles. The van der Waals surface area contributed by atoms with Gasteiger partial charge in [-0.15, -0.1) is 15.3 Å². The lowest BCUT2D eigenvalue weighted by atomic mass is 9.94. The molecular weight excluding hydrogens is 332 g/mol. The van der Waals surface area contributed by atoms with Crippen LogP contribution in [0.5, 0.6) is 0 Å². The van der Waals surface area contributed by atoms with Crippen molar-refractivity contribution in [3.05, 3.63) is 42.6 Å². The maximum atomic E-state index is 12.8. The van der Waals surface area contributed by atoms with E-state index in [-0.39, 0.29) is 17.9 Å². The number of rotatable bonds is 4. The molecule has 1 saturated heterocycles. The number of fused-ring (bicyclic) bond motifs is 1. The number of furan rings is 1. The summed E-state index contributed by atoms with van der Waals surface area (Å²) in [6, 6.07) is 7.56. The summed E-state index contributed by atoms with van der Waals surface area (Å²) in [5.74, 6) is 1.91. The lowest BCUT2D eigenvalue weighted by Crippen LogP contribution is -2.42. The molecule has 8 nitrogen and oxygen atoms in total. The molecule has 1 aliphatic rings. The highest BCUT2D eigenvalue weighted by Crippen LogP contribution is 2.27. The zero-order valence-electron chi connectivity index (χ0n) is 14.9.